The predicted octanol–water partition coefficient (Wildman–Crippen LogP) is 1.91. The summed E-state index contributed by atoms with van der Waals surface area (Å²) >= 11 is 3.14. The summed E-state index contributed by atoms with van der Waals surface area (Å²) in [6, 6.07) is 4.13. The second-order valence-corrected chi connectivity index (χ2v) is 5.87. The van der Waals surface area contributed by atoms with E-state index in [0.717, 1.165) is 0 Å². The van der Waals surface area contributed by atoms with Gasteiger partial charge >= 0.3 is 5.97 Å². The molecule has 0 saturated heterocycles. The second-order valence-electron chi connectivity index (χ2n) is 3.01. The average Bonchev–Trinajstić information content (AvgIpc) is 2.21. The lowest BCUT2D eigenvalue weighted by Gasteiger charge is -2.08. The van der Waals surface area contributed by atoms with Crippen LogP contribution in [0.25, 0.3) is 0 Å². The van der Waals surface area contributed by atoms with Gasteiger partial charge in [0.25, 0.3) is 0 Å². The Bertz CT molecular complexity index is 512. The molecule has 0 unspecified atom stereocenters. The summed E-state index contributed by atoms with van der Waals surface area (Å²) in [5, 5.41) is 8.76. The molecular weight excluding hydrogens is 298 g/mol. The number of sulfonamides is 1. The molecule has 7 heteroatoms. The Labute approximate surface area is 102 Å². The molecule has 0 heterocycles. The molecule has 0 spiro atoms. The van der Waals surface area contributed by atoms with Gasteiger partial charge in [-0.2, -0.15) is 0 Å². The maximum Gasteiger partial charge on any atom is 0.335 e. The van der Waals surface area contributed by atoms with Gasteiger partial charge in [-0.15, -0.1) is 0 Å². The first-order chi connectivity index (χ1) is 7.35. The molecule has 1 aromatic rings. The van der Waals surface area contributed by atoms with Crippen LogP contribution in [0.4, 0.5) is 5.69 Å². The highest BCUT2D eigenvalue weighted by atomic mass is 79.9. The van der Waals surface area contributed by atoms with Crippen LogP contribution in [-0.4, -0.2) is 25.2 Å². The maximum absolute atomic E-state index is 11.3. The summed E-state index contributed by atoms with van der Waals surface area (Å²) in [6.07, 6.45) is 0. The summed E-state index contributed by atoms with van der Waals surface area (Å²) in [5.74, 6) is -1.18. The number of halogens is 1. The zero-order chi connectivity index (χ0) is 12.3. The van der Waals surface area contributed by atoms with Gasteiger partial charge in [-0.1, -0.05) is 0 Å². The van der Waals surface area contributed by atoms with E-state index in [-0.39, 0.29) is 17.0 Å². The number of hydrogen-bond donors (Lipinski definition) is 2. The Balaban J connectivity index is 3.13. The van der Waals surface area contributed by atoms with Gasteiger partial charge in [0.05, 0.1) is 17.0 Å². The number of carbonyl (C=O) groups is 1. The lowest BCUT2D eigenvalue weighted by molar-refractivity contribution is 0.0697. The van der Waals surface area contributed by atoms with Crippen molar-refractivity contribution in [1.82, 2.24) is 0 Å². The largest absolute Gasteiger partial charge is 0.478 e. The Morgan fingerprint density at radius 2 is 2.12 bits per heavy atom. The van der Waals surface area contributed by atoms with Gasteiger partial charge in [0.1, 0.15) is 0 Å². The van der Waals surface area contributed by atoms with Gasteiger partial charge in [0.2, 0.25) is 10.0 Å². The molecule has 0 bridgehead atoms. The second kappa shape index (κ2) is 4.84. The lowest BCUT2D eigenvalue weighted by Crippen LogP contribution is -2.15. The number of hydrogen-bond acceptors (Lipinski definition) is 3. The van der Waals surface area contributed by atoms with Crippen LogP contribution >= 0.6 is 15.9 Å². The van der Waals surface area contributed by atoms with E-state index < -0.39 is 16.0 Å². The Hall–Kier alpha value is -1.08. The molecule has 0 saturated carbocycles. The minimum atomic E-state index is -3.41. The normalized spacial score (nSPS) is 11.1. The van der Waals surface area contributed by atoms with Gasteiger partial charge in [0.15, 0.2) is 0 Å². The van der Waals surface area contributed by atoms with Gasteiger partial charge in [-0.25, -0.2) is 13.2 Å². The van der Waals surface area contributed by atoms with E-state index in [4.69, 9.17) is 5.11 Å². The van der Waals surface area contributed by atoms with E-state index in [1.807, 2.05) is 0 Å². The molecule has 5 nitrogen and oxygen atoms in total. The van der Waals surface area contributed by atoms with Gasteiger partial charge < -0.3 is 5.11 Å². The van der Waals surface area contributed by atoms with Crippen molar-refractivity contribution in [2.75, 3.05) is 10.5 Å². The van der Waals surface area contributed by atoms with E-state index in [0.29, 0.717) is 4.47 Å². The summed E-state index contributed by atoms with van der Waals surface area (Å²) in [7, 11) is -3.41. The molecule has 2 N–H and O–H groups in total. The topological polar surface area (TPSA) is 83.5 Å². The third-order valence-corrected chi connectivity index (χ3v) is 3.84. The van der Waals surface area contributed by atoms with Crippen LogP contribution in [0.3, 0.4) is 0 Å². The summed E-state index contributed by atoms with van der Waals surface area (Å²) in [6.45, 7) is 1.50. The van der Waals surface area contributed by atoms with Crippen molar-refractivity contribution in [3.63, 3.8) is 0 Å². The molecule has 0 aromatic heterocycles. The quantitative estimate of drug-likeness (QED) is 0.890. The zero-order valence-electron chi connectivity index (χ0n) is 8.40. The minimum absolute atomic E-state index is 0.0250. The van der Waals surface area contributed by atoms with E-state index in [1.54, 1.807) is 0 Å². The number of carboxylic acid groups (broad SMARTS) is 1. The number of rotatable bonds is 4. The summed E-state index contributed by atoms with van der Waals surface area (Å²) < 4.78 is 25.4. The molecule has 1 rings (SSSR count). The third kappa shape index (κ3) is 3.21. The highest BCUT2D eigenvalue weighted by molar-refractivity contribution is 9.10. The van der Waals surface area contributed by atoms with Crippen molar-refractivity contribution >= 4 is 37.6 Å². The predicted molar refractivity (Wildman–Crippen MR) is 64.2 cm³/mol. The molecule has 0 amide bonds. The molecule has 0 radical (unpaired) electrons. The van der Waals surface area contributed by atoms with Crippen molar-refractivity contribution in [2.24, 2.45) is 0 Å². The van der Waals surface area contributed by atoms with Crippen LogP contribution in [0.15, 0.2) is 22.7 Å². The van der Waals surface area contributed by atoms with Crippen molar-refractivity contribution in [3.05, 3.63) is 28.2 Å². The minimum Gasteiger partial charge on any atom is -0.478 e. The average molecular weight is 308 g/mol. The monoisotopic (exact) mass is 307 g/mol. The third-order valence-electron chi connectivity index (χ3n) is 1.86. The Morgan fingerprint density at radius 3 is 2.62 bits per heavy atom. The Kier molecular flexibility index (Phi) is 3.93. The van der Waals surface area contributed by atoms with Crippen LogP contribution in [0, 0.1) is 0 Å². The SMILES string of the molecule is CCS(=O)(=O)Nc1cc(C(=O)O)ccc1Br. The first-order valence-corrected chi connectivity index (χ1v) is 6.83. The standard InChI is InChI=1S/C9H10BrNO4S/c1-2-16(14,15)11-8-5-6(9(12)13)3-4-7(8)10/h3-5,11H,2H2,1H3,(H,12,13). The first-order valence-electron chi connectivity index (χ1n) is 4.39. The van der Waals surface area contributed by atoms with Crippen molar-refractivity contribution in [1.29, 1.82) is 0 Å². The molecule has 0 aliphatic carbocycles. The molecule has 1 aromatic carbocycles. The number of anilines is 1. The van der Waals surface area contributed by atoms with E-state index in [2.05, 4.69) is 20.7 Å². The maximum atomic E-state index is 11.3. The molecule has 0 aliphatic heterocycles. The van der Waals surface area contributed by atoms with Crippen LogP contribution in [0.1, 0.15) is 17.3 Å². The molecular formula is C9H10BrNO4S. The highest BCUT2D eigenvalue weighted by Crippen LogP contribution is 2.24. The molecule has 16 heavy (non-hydrogen) atoms. The molecule has 88 valence electrons. The summed E-state index contributed by atoms with van der Waals surface area (Å²) in [4.78, 5) is 10.7. The molecule has 0 fully saturated rings. The zero-order valence-corrected chi connectivity index (χ0v) is 10.8. The summed E-state index contributed by atoms with van der Waals surface area (Å²) in [5.41, 5.74) is 0.249. The fourth-order valence-electron chi connectivity index (χ4n) is 0.976. The smallest absolute Gasteiger partial charge is 0.335 e. The van der Waals surface area contributed by atoms with Crippen molar-refractivity contribution in [3.8, 4) is 0 Å². The van der Waals surface area contributed by atoms with Crippen LogP contribution < -0.4 is 4.72 Å². The van der Waals surface area contributed by atoms with Crippen molar-refractivity contribution in [2.45, 2.75) is 6.92 Å². The molecule has 0 atom stereocenters. The lowest BCUT2D eigenvalue weighted by atomic mass is 10.2. The Morgan fingerprint density at radius 1 is 1.50 bits per heavy atom. The fraction of sp³-hybridized carbons (Fsp3) is 0.222. The van der Waals surface area contributed by atoms with Crippen LogP contribution in [-0.2, 0) is 10.0 Å². The number of aromatic carboxylic acids is 1. The van der Waals surface area contributed by atoms with Crippen LogP contribution in [0.5, 0.6) is 0 Å². The van der Waals surface area contributed by atoms with Crippen LogP contribution in [0.2, 0.25) is 0 Å². The molecule has 0 aliphatic rings. The van der Waals surface area contributed by atoms with Gasteiger partial charge in [-0.3, -0.25) is 4.72 Å². The highest BCUT2D eigenvalue weighted by Gasteiger charge is 2.12. The van der Waals surface area contributed by atoms with Gasteiger partial charge in [0, 0.05) is 4.47 Å². The van der Waals surface area contributed by atoms with Gasteiger partial charge in [-0.05, 0) is 41.1 Å². The number of benzene rings is 1. The number of nitrogens with one attached hydrogen (secondary N) is 1. The number of carboxylic acids is 1. The fourth-order valence-corrected chi connectivity index (χ4v) is 2.10. The van der Waals surface area contributed by atoms with E-state index >= 15 is 0 Å². The van der Waals surface area contributed by atoms with E-state index in [1.165, 1.54) is 25.1 Å². The van der Waals surface area contributed by atoms with Crippen molar-refractivity contribution < 1.29 is 18.3 Å². The van der Waals surface area contributed by atoms with E-state index in [9.17, 15) is 13.2 Å². The first kappa shape index (κ1) is 13.0.